The number of carbonyl (C=O) groups is 1. The highest BCUT2D eigenvalue weighted by Crippen LogP contribution is 2.24. The van der Waals surface area contributed by atoms with Crippen LogP contribution in [0.3, 0.4) is 0 Å². The van der Waals surface area contributed by atoms with Gasteiger partial charge in [0.15, 0.2) is 0 Å². The molecule has 1 unspecified atom stereocenters. The second-order valence-corrected chi connectivity index (χ2v) is 8.15. The second-order valence-electron chi connectivity index (χ2n) is 8.15. The van der Waals surface area contributed by atoms with Gasteiger partial charge in [0.2, 0.25) is 5.82 Å². The van der Waals surface area contributed by atoms with Crippen molar-refractivity contribution in [2.75, 3.05) is 13.1 Å². The van der Waals surface area contributed by atoms with E-state index in [1.807, 2.05) is 19.9 Å². The van der Waals surface area contributed by atoms with Gasteiger partial charge in [-0.05, 0) is 52.1 Å². The Morgan fingerprint density at radius 2 is 1.85 bits per heavy atom. The lowest BCUT2D eigenvalue weighted by Gasteiger charge is -2.38. The number of rotatable bonds is 3. The SMILES string of the molecule is Cc1cc(C)n2c(C(=O)NC3CCCN(C4CCCCCC4)C3)nnc2n1. The second kappa shape index (κ2) is 7.92. The van der Waals surface area contributed by atoms with E-state index in [4.69, 9.17) is 0 Å². The van der Waals surface area contributed by atoms with Crippen LogP contribution in [0.5, 0.6) is 0 Å². The Bertz CT molecular complexity index is 808. The average molecular weight is 371 g/mol. The number of nitrogens with zero attached hydrogens (tertiary/aromatic N) is 5. The summed E-state index contributed by atoms with van der Waals surface area (Å²) in [6, 6.07) is 2.82. The molecule has 1 saturated heterocycles. The quantitative estimate of drug-likeness (QED) is 0.841. The van der Waals surface area contributed by atoms with Crippen LogP contribution in [0.2, 0.25) is 0 Å². The summed E-state index contributed by atoms with van der Waals surface area (Å²) in [7, 11) is 0. The van der Waals surface area contributed by atoms with Crippen LogP contribution in [-0.4, -0.2) is 55.6 Å². The highest BCUT2D eigenvalue weighted by Gasteiger charge is 2.28. The van der Waals surface area contributed by atoms with E-state index < -0.39 is 0 Å². The summed E-state index contributed by atoms with van der Waals surface area (Å²) in [6.07, 6.45) is 10.2. The maximum absolute atomic E-state index is 12.9. The highest BCUT2D eigenvalue weighted by molar-refractivity contribution is 5.91. The minimum atomic E-state index is -0.149. The molecule has 146 valence electrons. The van der Waals surface area contributed by atoms with Gasteiger partial charge in [-0.25, -0.2) is 4.98 Å². The maximum atomic E-state index is 12.9. The molecule has 1 aliphatic heterocycles. The molecule has 3 heterocycles. The number of hydrogen-bond donors (Lipinski definition) is 1. The standard InChI is InChI=1S/C20H30N6O/c1-14-12-15(2)26-18(23-24-20(26)21-14)19(27)22-16-8-7-11-25(13-16)17-9-5-3-4-6-10-17/h12,16-17H,3-11,13H2,1-2H3,(H,22,27). The Kier molecular flexibility index (Phi) is 5.38. The molecule has 4 rings (SSSR count). The van der Waals surface area contributed by atoms with Crippen molar-refractivity contribution in [1.29, 1.82) is 0 Å². The number of carbonyl (C=O) groups excluding carboxylic acids is 1. The summed E-state index contributed by atoms with van der Waals surface area (Å²) in [5.41, 5.74) is 1.81. The molecule has 7 heteroatoms. The Balaban J connectivity index is 1.45. The largest absolute Gasteiger partial charge is 0.345 e. The van der Waals surface area contributed by atoms with E-state index in [9.17, 15) is 4.79 Å². The maximum Gasteiger partial charge on any atom is 0.289 e. The van der Waals surface area contributed by atoms with E-state index in [1.165, 1.54) is 38.5 Å². The van der Waals surface area contributed by atoms with Crippen LogP contribution in [0.25, 0.3) is 5.78 Å². The molecule has 0 bridgehead atoms. The van der Waals surface area contributed by atoms with Crippen molar-refractivity contribution >= 4 is 11.7 Å². The summed E-state index contributed by atoms with van der Waals surface area (Å²) in [6.45, 7) is 5.98. The van der Waals surface area contributed by atoms with Crippen molar-refractivity contribution < 1.29 is 4.79 Å². The van der Waals surface area contributed by atoms with Gasteiger partial charge in [-0.15, -0.1) is 10.2 Å². The van der Waals surface area contributed by atoms with Crippen LogP contribution in [0.1, 0.15) is 73.4 Å². The fourth-order valence-electron chi connectivity index (χ4n) is 4.71. The molecular formula is C20H30N6O. The van der Waals surface area contributed by atoms with Gasteiger partial charge < -0.3 is 5.32 Å². The van der Waals surface area contributed by atoms with Gasteiger partial charge in [0.05, 0.1) is 0 Å². The van der Waals surface area contributed by atoms with E-state index in [-0.39, 0.29) is 11.9 Å². The zero-order valence-corrected chi connectivity index (χ0v) is 16.4. The first-order valence-corrected chi connectivity index (χ1v) is 10.4. The number of aromatic nitrogens is 4. The van der Waals surface area contributed by atoms with E-state index >= 15 is 0 Å². The zero-order chi connectivity index (χ0) is 18.8. The lowest BCUT2D eigenvalue weighted by Crippen LogP contribution is -2.51. The third-order valence-corrected chi connectivity index (χ3v) is 6.03. The molecule has 2 aliphatic rings. The summed E-state index contributed by atoms with van der Waals surface area (Å²) >= 11 is 0. The van der Waals surface area contributed by atoms with Crippen LogP contribution in [0.15, 0.2) is 6.07 Å². The lowest BCUT2D eigenvalue weighted by molar-refractivity contribution is 0.0849. The normalized spacial score (nSPS) is 22.7. The van der Waals surface area contributed by atoms with Crippen LogP contribution < -0.4 is 5.32 Å². The molecule has 2 fully saturated rings. The number of aryl methyl sites for hydroxylation is 2. The van der Waals surface area contributed by atoms with Gasteiger partial charge in [0, 0.05) is 30.0 Å². The Labute approximate surface area is 160 Å². The monoisotopic (exact) mass is 370 g/mol. The van der Waals surface area contributed by atoms with Crippen LogP contribution in [0.4, 0.5) is 0 Å². The van der Waals surface area contributed by atoms with Crippen molar-refractivity contribution in [3.05, 3.63) is 23.3 Å². The molecule has 0 spiro atoms. The van der Waals surface area contributed by atoms with Gasteiger partial charge in [0.1, 0.15) is 0 Å². The van der Waals surface area contributed by atoms with Gasteiger partial charge in [-0.2, -0.15) is 0 Å². The molecule has 0 radical (unpaired) electrons. The third-order valence-electron chi connectivity index (χ3n) is 6.03. The zero-order valence-electron chi connectivity index (χ0n) is 16.4. The molecule has 1 amide bonds. The summed E-state index contributed by atoms with van der Waals surface area (Å²) in [4.78, 5) is 19.9. The van der Waals surface area contributed by atoms with Gasteiger partial charge >= 0.3 is 0 Å². The molecule has 2 aromatic heterocycles. The predicted octanol–water partition coefficient (Wildman–Crippen LogP) is 2.66. The van der Waals surface area contributed by atoms with Gasteiger partial charge in [-0.3, -0.25) is 14.1 Å². The molecule has 1 saturated carbocycles. The summed E-state index contributed by atoms with van der Waals surface area (Å²) < 4.78 is 1.74. The van der Waals surface area contributed by atoms with Gasteiger partial charge in [-0.1, -0.05) is 25.7 Å². The van der Waals surface area contributed by atoms with Crippen molar-refractivity contribution in [2.45, 2.75) is 77.3 Å². The molecule has 1 aliphatic carbocycles. The van der Waals surface area contributed by atoms with Crippen LogP contribution in [0, 0.1) is 13.8 Å². The average Bonchev–Trinajstić information content (AvgIpc) is 2.89. The first kappa shape index (κ1) is 18.3. The van der Waals surface area contributed by atoms with E-state index in [0.29, 0.717) is 17.6 Å². The van der Waals surface area contributed by atoms with E-state index in [1.54, 1.807) is 4.40 Å². The molecule has 1 N–H and O–H groups in total. The van der Waals surface area contributed by atoms with Crippen LogP contribution in [-0.2, 0) is 0 Å². The lowest BCUT2D eigenvalue weighted by atomic mass is 10.00. The number of nitrogens with one attached hydrogen (secondary N) is 1. The summed E-state index contributed by atoms with van der Waals surface area (Å²) in [5.74, 6) is 0.673. The number of fused-ring (bicyclic) bond motifs is 1. The van der Waals surface area contributed by atoms with Crippen molar-refractivity contribution in [3.63, 3.8) is 0 Å². The minimum absolute atomic E-state index is 0.149. The first-order valence-electron chi connectivity index (χ1n) is 10.4. The van der Waals surface area contributed by atoms with Crippen molar-refractivity contribution in [1.82, 2.24) is 29.8 Å². The Hall–Kier alpha value is -2.02. The smallest absolute Gasteiger partial charge is 0.289 e. The minimum Gasteiger partial charge on any atom is -0.345 e. The molecule has 0 aromatic carbocycles. The van der Waals surface area contributed by atoms with Gasteiger partial charge in [0.25, 0.3) is 11.7 Å². The highest BCUT2D eigenvalue weighted by atomic mass is 16.2. The molecular weight excluding hydrogens is 340 g/mol. The third kappa shape index (κ3) is 3.98. The van der Waals surface area contributed by atoms with Crippen molar-refractivity contribution in [3.8, 4) is 0 Å². The van der Waals surface area contributed by atoms with E-state index in [0.717, 1.165) is 37.3 Å². The fourth-order valence-corrected chi connectivity index (χ4v) is 4.71. The predicted molar refractivity (Wildman–Crippen MR) is 104 cm³/mol. The topological polar surface area (TPSA) is 75.4 Å². The molecule has 2 aromatic rings. The molecule has 7 nitrogen and oxygen atoms in total. The number of amides is 1. The number of piperidine rings is 1. The molecule has 1 atom stereocenters. The Morgan fingerprint density at radius 3 is 2.63 bits per heavy atom. The fraction of sp³-hybridized carbons (Fsp3) is 0.700. The first-order chi connectivity index (χ1) is 13.1. The molecule has 27 heavy (non-hydrogen) atoms. The number of hydrogen-bond acceptors (Lipinski definition) is 5. The van der Waals surface area contributed by atoms with Crippen LogP contribution >= 0.6 is 0 Å². The number of likely N-dealkylation sites (tertiary alicyclic amines) is 1. The summed E-state index contributed by atoms with van der Waals surface area (Å²) in [5, 5.41) is 11.4. The van der Waals surface area contributed by atoms with E-state index in [2.05, 4.69) is 25.4 Å². The Morgan fingerprint density at radius 1 is 1.07 bits per heavy atom. The van der Waals surface area contributed by atoms with Crippen molar-refractivity contribution in [2.24, 2.45) is 0 Å².